The second-order valence-electron chi connectivity index (χ2n) is 4.17. The lowest BCUT2D eigenvalue weighted by Crippen LogP contribution is -1.94. The largest absolute Gasteiger partial charge is 0.456 e. The van der Waals surface area contributed by atoms with Crippen LogP contribution in [0.4, 0.5) is 0 Å². The van der Waals surface area contributed by atoms with Gasteiger partial charge in [0.15, 0.2) is 0 Å². The molecular weight excluding hydrogens is 328 g/mol. The van der Waals surface area contributed by atoms with Crippen LogP contribution < -0.4 is 4.74 Å². The average molecular weight is 342 g/mol. The smallest absolute Gasteiger partial charge is 0.147 e. The van der Waals surface area contributed by atoms with E-state index in [-0.39, 0.29) is 0 Å². The zero-order valence-corrected chi connectivity index (χ0v) is 12.8. The Morgan fingerprint density at radius 1 is 1.21 bits per heavy atom. The van der Waals surface area contributed by atoms with Crippen molar-refractivity contribution >= 4 is 27.5 Å². The molecule has 2 nitrogen and oxygen atoms in total. The summed E-state index contributed by atoms with van der Waals surface area (Å²) in [7, 11) is 0. The molecule has 2 aromatic rings. The summed E-state index contributed by atoms with van der Waals surface area (Å²) in [5.41, 5.74) is 0.884. The molecule has 0 fully saturated rings. The number of rotatable bonds is 4. The number of benzene rings is 2. The fourth-order valence-electron chi connectivity index (χ4n) is 1.68. The summed E-state index contributed by atoms with van der Waals surface area (Å²) >= 11 is 9.44. The molecule has 0 aliphatic carbocycles. The van der Waals surface area contributed by atoms with Gasteiger partial charge in [-0.2, -0.15) is 0 Å². The van der Waals surface area contributed by atoms with E-state index in [0.717, 1.165) is 10.0 Å². The van der Waals surface area contributed by atoms with Crippen LogP contribution in [0.25, 0.3) is 0 Å². The molecular formula is C15H14BrClO2. The molecule has 0 amide bonds. The van der Waals surface area contributed by atoms with Crippen molar-refractivity contribution < 1.29 is 9.84 Å². The predicted octanol–water partition coefficient (Wildman–Crippen LogP) is 5.34. The van der Waals surface area contributed by atoms with E-state index in [2.05, 4.69) is 15.9 Å². The summed E-state index contributed by atoms with van der Waals surface area (Å²) in [5, 5.41) is 10.3. The van der Waals surface area contributed by atoms with E-state index in [0.29, 0.717) is 22.9 Å². The molecule has 2 rings (SSSR count). The van der Waals surface area contributed by atoms with Crippen LogP contribution in [0.2, 0.25) is 5.02 Å². The molecule has 0 aromatic heterocycles. The molecule has 0 aliphatic rings. The van der Waals surface area contributed by atoms with Gasteiger partial charge in [-0.1, -0.05) is 46.6 Å². The normalized spacial score (nSPS) is 12.2. The minimum Gasteiger partial charge on any atom is -0.456 e. The van der Waals surface area contributed by atoms with E-state index in [1.807, 2.05) is 43.3 Å². The van der Waals surface area contributed by atoms with Gasteiger partial charge in [-0.15, -0.1) is 0 Å². The molecule has 1 unspecified atom stereocenters. The minimum atomic E-state index is -0.427. The molecule has 0 spiro atoms. The molecule has 1 N–H and O–H groups in total. The number of hydrogen-bond acceptors (Lipinski definition) is 2. The van der Waals surface area contributed by atoms with Crippen molar-refractivity contribution in [1.82, 2.24) is 0 Å². The first-order valence-electron chi connectivity index (χ1n) is 6.01. The summed E-state index contributed by atoms with van der Waals surface area (Å²) in [6.07, 6.45) is 0.265. The lowest BCUT2D eigenvalue weighted by atomic mass is 10.1. The molecule has 4 heteroatoms. The van der Waals surface area contributed by atoms with Crippen LogP contribution in [-0.4, -0.2) is 5.11 Å². The third-order valence-corrected chi connectivity index (χ3v) is 3.58. The molecule has 0 saturated heterocycles. The van der Waals surface area contributed by atoms with Crippen LogP contribution in [-0.2, 0) is 0 Å². The number of aliphatic hydroxyl groups is 1. The van der Waals surface area contributed by atoms with E-state index in [9.17, 15) is 5.11 Å². The average Bonchev–Trinajstić information content (AvgIpc) is 2.43. The Morgan fingerprint density at radius 3 is 2.53 bits per heavy atom. The topological polar surface area (TPSA) is 29.5 Å². The zero-order valence-electron chi connectivity index (χ0n) is 10.4. The molecule has 0 bridgehead atoms. The predicted molar refractivity (Wildman–Crippen MR) is 80.9 cm³/mol. The van der Waals surface area contributed by atoms with Gasteiger partial charge in [0.2, 0.25) is 0 Å². The fourth-order valence-corrected chi connectivity index (χ4v) is 2.17. The molecule has 0 radical (unpaired) electrons. The second kappa shape index (κ2) is 6.42. The van der Waals surface area contributed by atoms with E-state index < -0.39 is 6.10 Å². The summed E-state index contributed by atoms with van der Waals surface area (Å²) < 4.78 is 6.62. The maximum Gasteiger partial charge on any atom is 0.147 e. The maximum absolute atomic E-state index is 9.72. The lowest BCUT2D eigenvalue weighted by molar-refractivity contribution is 0.173. The Balaban J connectivity index is 2.17. The van der Waals surface area contributed by atoms with Gasteiger partial charge in [0.25, 0.3) is 0 Å². The van der Waals surface area contributed by atoms with Gasteiger partial charge < -0.3 is 9.84 Å². The summed E-state index contributed by atoms with van der Waals surface area (Å²) in [5.74, 6) is 1.28. The third-order valence-electron chi connectivity index (χ3n) is 2.77. The van der Waals surface area contributed by atoms with Crippen molar-refractivity contribution in [3.8, 4) is 11.5 Å². The van der Waals surface area contributed by atoms with Crippen molar-refractivity contribution in [2.75, 3.05) is 0 Å². The maximum atomic E-state index is 9.72. The number of halogens is 2. The Hall–Kier alpha value is -1.03. The van der Waals surface area contributed by atoms with Crippen molar-refractivity contribution in [2.45, 2.75) is 19.4 Å². The standard InChI is InChI=1S/C15H14BrClO2/c1-2-14(18)10-3-6-12(7-4-10)19-15-9-11(16)5-8-13(15)17/h3-9,14,18H,2H2,1H3. The Kier molecular flexibility index (Phi) is 4.86. The molecule has 0 aliphatic heterocycles. The summed E-state index contributed by atoms with van der Waals surface area (Å²) in [6, 6.07) is 12.8. The van der Waals surface area contributed by atoms with Crippen molar-refractivity contribution in [3.05, 3.63) is 57.5 Å². The van der Waals surface area contributed by atoms with Gasteiger partial charge in [-0.3, -0.25) is 0 Å². The van der Waals surface area contributed by atoms with Gasteiger partial charge in [-0.25, -0.2) is 0 Å². The highest BCUT2D eigenvalue weighted by atomic mass is 79.9. The highest BCUT2D eigenvalue weighted by Gasteiger charge is 2.07. The van der Waals surface area contributed by atoms with E-state index in [4.69, 9.17) is 16.3 Å². The quantitative estimate of drug-likeness (QED) is 0.813. The van der Waals surface area contributed by atoms with Crippen molar-refractivity contribution in [1.29, 1.82) is 0 Å². The van der Waals surface area contributed by atoms with E-state index in [1.54, 1.807) is 6.07 Å². The van der Waals surface area contributed by atoms with Gasteiger partial charge in [0.05, 0.1) is 11.1 Å². The number of hydrogen-bond donors (Lipinski definition) is 1. The van der Waals surface area contributed by atoms with Gasteiger partial charge in [0, 0.05) is 4.47 Å². The third kappa shape index (κ3) is 3.72. The van der Waals surface area contributed by atoms with Crippen LogP contribution in [0, 0.1) is 0 Å². The Morgan fingerprint density at radius 2 is 1.89 bits per heavy atom. The molecule has 1 atom stereocenters. The van der Waals surface area contributed by atoms with Crippen LogP contribution in [0.3, 0.4) is 0 Å². The van der Waals surface area contributed by atoms with Crippen LogP contribution in [0.5, 0.6) is 11.5 Å². The van der Waals surface area contributed by atoms with E-state index >= 15 is 0 Å². The highest BCUT2D eigenvalue weighted by molar-refractivity contribution is 9.10. The molecule has 19 heavy (non-hydrogen) atoms. The second-order valence-corrected chi connectivity index (χ2v) is 5.49. The van der Waals surface area contributed by atoms with Crippen LogP contribution in [0.15, 0.2) is 46.9 Å². The van der Waals surface area contributed by atoms with Gasteiger partial charge in [-0.05, 0) is 42.3 Å². The van der Waals surface area contributed by atoms with Crippen molar-refractivity contribution in [3.63, 3.8) is 0 Å². The van der Waals surface area contributed by atoms with Gasteiger partial charge in [0.1, 0.15) is 11.5 Å². The first kappa shape index (κ1) is 14.4. The van der Waals surface area contributed by atoms with Gasteiger partial charge >= 0.3 is 0 Å². The van der Waals surface area contributed by atoms with Crippen LogP contribution in [0.1, 0.15) is 25.0 Å². The Labute approximate surface area is 126 Å². The van der Waals surface area contributed by atoms with E-state index in [1.165, 1.54) is 0 Å². The first-order chi connectivity index (χ1) is 9.10. The number of aliphatic hydroxyl groups excluding tert-OH is 1. The highest BCUT2D eigenvalue weighted by Crippen LogP contribution is 2.32. The van der Waals surface area contributed by atoms with Crippen LogP contribution >= 0.6 is 27.5 Å². The zero-order chi connectivity index (χ0) is 13.8. The molecule has 0 heterocycles. The number of ether oxygens (including phenoxy) is 1. The first-order valence-corrected chi connectivity index (χ1v) is 7.18. The SMILES string of the molecule is CCC(O)c1ccc(Oc2cc(Br)ccc2Cl)cc1. The molecule has 100 valence electrons. The monoisotopic (exact) mass is 340 g/mol. The van der Waals surface area contributed by atoms with Crippen molar-refractivity contribution in [2.24, 2.45) is 0 Å². The lowest BCUT2D eigenvalue weighted by Gasteiger charge is -2.11. The molecule has 0 saturated carbocycles. The summed E-state index contributed by atoms with van der Waals surface area (Å²) in [6.45, 7) is 1.94. The summed E-state index contributed by atoms with van der Waals surface area (Å²) in [4.78, 5) is 0. The Bertz CT molecular complexity index is 555. The molecule has 2 aromatic carbocycles. The fraction of sp³-hybridized carbons (Fsp3) is 0.200. The minimum absolute atomic E-state index is 0.427.